The summed E-state index contributed by atoms with van der Waals surface area (Å²) in [5, 5.41) is 3.15. The van der Waals surface area contributed by atoms with E-state index in [0.29, 0.717) is 10.8 Å². The zero-order chi connectivity index (χ0) is 11.3. The summed E-state index contributed by atoms with van der Waals surface area (Å²) in [5.41, 5.74) is 0. The normalized spacial score (nSPS) is 11.5. The maximum absolute atomic E-state index is 11.8. The second-order valence-corrected chi connectivity index (χ2v) is 3.39. The van der Waals surface area contributed by atoms with Gasteiger partial charge in [0, 0.05) is 19.2 Å². The number of hydrogen-bond acceptors (Lipinski definition) is 2. The molecular weight excluding hydrogens is 229 g/mol. The number of nitrogens with zero attached hydrogens (tertiary/aromatic N) is 1. The first-order valence-corrected chi connectivity index (χ1v) is 4.78. The molecule has 0 bridgehead atoms. The van der Waals surface area contributed by atoms with Crippen LogP contribution in [0.3, 0.4) is 0 Å². The highest BCUT2D eigenvalue weighted by Crippen LogP contribution is 2.22. The molecule has 2 nitrogen and oxygen atoms in total. The Morgan fingerprint density at radius 2 is 2.13 bits per heavy atom. The van der Waals surface area contributed by atoms with Gasteiger partial charge in [-0.1, -0.05) is 11.6 Å². The van der Waals surface area contributed by atoms with Crippen LogP contribution in [0.4, 0.5) is 19.0 Å². The first kappa shape index (κ1) is 12.1. The van der Waals surface area contributed by atoms with E-state index in [0.717, 1.165) is 0 Å². The van der Waals surface area contributed by atoms with E-state index in [-0.39, 0.29) is 13.0 Å². The van der Waals surface area contributed by atoms with Gasteiger partial charge in [-0.3, -0.25) is 0 Å². The molecule has 0 radical (unpaired) electrons. The van der Waals surface area contributed by atoms with Gasteiger partial charge in [0.2, 0.25) is 0 Å². The molecule has 0 amide bonds. The Labute approximate surface area is 90.5 Å². The van der Waals surface area contributed by atoms with Crippen LogP contribution in [0.5, 0.6) is 0 Å². The van der Waals surface area contributed by atoms with Crippen LogP contribution in [0, 0.1) is 0 Å². The maximum atomic E-state index is 11.8. The summed E-state index contributed by atoms with van der Waals surface area (Å²) in [6, 6.07) is 3.28. The van der Waals surface area contributed by atoms with E-state index in [4.69, 9.17) is 11.6 Å². The molecule has 1 aromatic rings. The Morgan fingerprint density at radius 3 is 2.73 bits per heavy atom. The Kier molecular flexibility index (Phi) is 4.20. The summed E-state index contributed by atoms with van der Waals surface area (Å²) < 4.78 is 35.4. The predicted molar refractivity (Wildman–Crippen MR) is 53.0 cm³/mol. The molecule has 0 saturated heterocycles. The summed E-state index contributed by atoms with van der Waals surface area (Å²) in [6.07, 6.45) is -3.37. The van der Waals surface area contributed by atoms with Gasteiger partial charge >= 0.3 is 6.18 Å². The van der Waals surface area contributed by atoms with Gasteiger partial charge in [0.25, 0.3) is 0 Å². The SMILES string of the molecule is FC(F)(F)CCCNc1ncccc1Cl. The molecule has 0 aliphatic carbocycles. The first-order valence-electron chi connectivity index (χ1n) is 4.40. The highest BCUT2D eigenvalue weighted by atomic mass is 35.5. The minimum absolute atomic E-state index is 0.0103. The van der Waals surface area contributed by atoms with Gasteiger partial charge in [-0.05, 0) is 18.6 Å². The van der Waals surface area contributed by atoms with Crippen molar-refractivity contribution in [1.82, 2.24) is 4.98 Å². The summed E-state index contributed by atoms with van der Waals surface area (Å²) in [5.74, 6) is 0.418. The van der Waals surface area contributed by atoms with Crippen LogP contribution in [0.15, 0.2) is 18.3 Å². The quantitative estimate of drug-likeness (QED) is 0.813. The summed E-state index contributed by atoms with van der Waals surface area (Å²) >= 11 is 5.75. The fourth-order valence-corrected chi connectivity index (χ4v) is 1.20. The summed E-state index contributed by atoms with van der Waals surface area (Å²) in [4.78, 5) is 3.89. The monoisotopic (exact) mass is 238 g/mol. The van der Waals surface area contributed by atoms with E-state index < -0.39 is 12.6 Å². The van der Waals surface area contributed by atoms with Crippen molar-refractivity contribution in [3.05, 3.63) is 23.4 Å². The van der Waals surface area contributed by atoms with Gasteiger partial charge in [-0.15, -0.1) is 0 Å². The van der Waals surface area contributed by atoms with E-state index in [1.54, 1.807) is 12.1 Å². The van der Waals surface area contributed by atoms with Crippen LogP contribution in [0.2, 0.25) is 5.02 Å². The Hall–Kier alpha value is -0.970. The summed E-state index contributed by atoms with van der Waals surface area (Å²) in [7, 11) is 0. The lowest BCUT2D eigenvalue weighted by Gasteiger charge is -2.08. The highest BCUT2D eigenvalue weighted by Gasteiger charge is 2.25. The molecule has 0 aromatic carbocycles. The molecule has 0 aliphatic rings. The van der Waals surface area contributed by atoms with Crippen LogP contribution in [-0.2, 0) is 0 Å². The van der Waals surface area contributed by atoms with Crippen LogP contribution >= 0.6 is 11.6 Å². The maximum Gasteiger partial charge on any atom is 0.389 e. The fourth-order valence-electron chi connectivity index (χ4n) is 1.01. The minimum atomic E-state index is -4.10. The molecule has 1 N–H and O–H groups in total. The van der Waals surface area contributed by atoms with Gasteiger partial charge in [-0.25, -0.2) is 4.98 Å². The van der Waals surface area contributed by atoms with Crippen molar-refractivity contribution in [2.24, 2.45) is 0 Å². The summed E-state index contributed by atoms with van der Waals surface area (Å²) in [6.45, 7) is 0.205. The van der Waals surface area contributed by atoms with Gasteiger partial charge in [-0.2, -0.15) is 13.2 Å². The third-order valence-corrected chi connectivity index (χ3v) is 1.99. The van der Waals surface area contributed by atoms with Crippen LogP contribution in [-0.4, -0.2) is 17.7 Å². The van der Waals surface area contributed by atoms with Gasteiger partial charge in [0.05, 0.1) is 5.02 Å². The molecule has 84 valence electrons. The number of nitrogens with one attached hydrogen (secondary N) is 1. The zero-order valence-corrected chi connectivity index (χ0v) is 8.57. The molecule has 0 spiro atoms. The second kappa shape index (κ2) is 5.21. The van der Waals surface area contributed by atoms with Crippen LogP contribution in [0.1, 0.15) is 12.8 Å². The number of halogens is 4. The zero-order valence-electron chi connectivity index (χ0n) is 7.81. The predicted octanol–water partition coefficient (Wildman–Crippen LogP) is 3.49. The molecular formula is C9H10ClF3N2. The molecule has 15 heavy (non-hydrogen) atoms. The Bertz CT molecular complexity index is 314. The minimum Gasteiger partial charge on any atom is -0.369 e. The van der Waals surface area contributed by atoms with Crippen molar-refractivity contribution < 1.29 is 13.2 Å². The average molecular weight is 239 g/mol. The smallest absolute Gasteiger partial charge is 0.369 e. The molecule has 1 aromatic heterocycles. The third-order valence-electron chi connectivity index (χ3n) is 1.69. The topological polar surface area (TPSA) is 24.9 Å². The molecule has 1 rings (SSSR count). The molecule has 0 fully saturated rings. The molecule has 0 aliphatic heterocycles. The van der Waals surface area contributed by atoms with Gasteiger partial charge < -0.3 is 5.32 Å². The lowest BCUT2D eigenvalue weighted by Crippen LogP contribution is -2.11. The van der Waals surface area contributed by atoms with Crippen molar-refractivity contribution in [1.29, 1.82) is 0 Å². The Balaban J connectivity index is 2.30. The largest absolute Gasteiger partial charge is 0.389 e. The molecule has 0 unspecified atom stereocenters. The van der Waals surface area contributed by atoms with Gasteiger partial charge in [0.15, 0.2) is 0 Å². The Morgan fingerprint density at radius 1 is 1.40 bits per heavy atom. The van der Waals surface area contributed by atoms with Crippen molar-refractivity contribution in [3.8, 4) is 0 Å². The number of aromatic nitrogens is 1. The van der Waals surface area contributed by atoms with Crippen molar-refractivity contribution >= 4 is 17.4 Å². The fraction of sp³-hybridized carbons (Fsp3) is 0.444. The van der Waals surface area contributed by atoms with Crippen molar-refractivity contribution in [2.45, 2.75) is 19.0 Å². The van der Waals surface area contributed by atoms with Crippen LogP contribution in [0.25, 0.3) is 0 Å². The van der Waals surface area contributed by atoms with Gasteiger partial charge in [0.1, 0.15) is 5.82 Å². The first-order chi connectivity index (χ1) is 6.99. The molecule has 0 atom stereocenters. The number of hydrogen-bond donors (Lipinski definition) is 1. The average Bonchev–Trinajstić information content (AvgIpc) is 2.13. The molecule has 1 heterocycles. The van der Waals surface area contributed by atoms with E-state index >= 15 is 0 Å². The second-order valence-electron chi connectivity index (χ2n) is 2.98. The van der Waals surface area contributed by atoms with E-state index in [1.165, 1.54) is 6.20 Å². The molecule has 6 heteroatoms. The molecule has 0 saturated carbocycles. The number of rotatable bonds is 4. The lowest BCUT2D eigenvalue weighted by molar-refractivity contribution is -0.134. The highest BCUT2D eigenvalue weighted by molar-refractivity contribution is 6.32. The van der Waals surface area contributed by atoms with Crippen molar-refractivity contribution in [2.75, 3.05) is 11.9 Å². The van der Waals surface area contributed by atoms with Crippen LogP contribution < -0.4 is 5.32 Å². The lowest BCUT2D eigenvalue weighted by atomic mass is 10.3. The standard InChI is InChI=1S/C9H10ClF3N2/c10-7-3-1-5-14-8(7)15-6-2-4-9(11,12)13/h1,3,5H,2,4,6H2,(H,14,15). The van der Waals surface area contributed by atoms with E-state index in [1.807, 2.05) is 0 Å². The van der Waals surface area contributed by atoms with E-state index in [2.05, 4.69) is 10.3 Å². The van der Waals surface area contributed by atoms with E-state index in [9.17, 15) is 13.2 Å². The number of pyridine rings is 1. The number of anilines is 1. The third kappa shape index (κ3) is 4.88. The van der Waals surface area contributed by atoms with Crippen molar-refractivity contribution in [3.63, 3.8) is 0 Å². The number of alkyl halides is 3.